The van der Waals surface area contributed by atoms with Crippen molar-refractivity contribution in [2.75, 3.05) is 20.6 Å². The molecule has 0 bridgehead atoms. The molecule has 0 saturated heterocycles. The van der Waals surface area contributed by atoms with Gasteiger partial charge in [-0.2, -0.15) is 5.10 Å². The Morgan fingerprint density at radius 3 is 2.75 bits per heavy atom. The minimum Gasteiger partial charge on any atom is -0.312 e. The molecule has 128 valence electrons. The van der Waals surface area contributed by atoms with E-state index >= 15 is 0 Å². The van der Waals surface area contributed by atoms with Crippen molar-refractivity contribution in [1.29, 1.82) is 0 Å². The van der Waals surface area contributed by atoms with E-state index in [0.29, 0.717) is 12.1 Å². The molecule has 0 spiro atoms. The van der Waals surface area contributed by atoms with Crippen molar-refractivity contribution in [2.24, 2.45) is 7.05 Å². The van der Waals surface area contributed by atoms with Gasteiger partial charge in [0.05, 0.1) is 21.4 Å². The molecular weight excluding hydrogens is 318 g/mol. The van der Waals surface area contributed by atoms with E-state index < -0.39 is 0 Å². The number of rotatable bonds is 7. The zero-order chi connectivity index (χ0) is 17.1. The molecule has 0 fully saturated rings. The van der Waals surface area contributed by atoms with Crippen LogP contribution >= 0.6 is 11.3 Å². The molecule has 2 aromatic heterocycles. The van der Waals surface area contributed by atoms with Crippen molar-refractivity contribution in [3.8, 4) is 0 Å². The molecule has 3 rings (SSSR count). The second-order valence-electron chi connectivity index (χ2n) is 6.52. The Labute approximate surface area is 147 Å². The van der Waals surface area contributed by atoms with Gasteiger partial charge >= 0.3 is 0 Å². The minimum atomic E-state index is 0.316. The maximum atomic E-state index is 4.73. The molecule has 5 nitrogen and oxygen atoms in total. The molecule has 0 aliphatic carbocycles. The van der Waals surface area contributed by atoms with Crippen LogP contribution in [0.4, 0.5) is 0 Å². The number of thiazole rings is 1. The van der Waals surface area contributed by atoms with Crippen LogP contribution in [0, 0.1) is 0 Å². The predicted molar refractivity (Wildman–Crippen MR) is 100 cm³/mol. The first-order valence-corrected chi connectivity index (χ1v) is 9.07. The lowest BCUT2D eigenvalue weighted by molar-refractivity contribution is 0.281. The lowest BCUT2D eigenvalue weighted by atomic mass is 10.1. The van der Waals surface area contributed by atoms with E-state index in [1.54, 1.807) is 11.3 Å². The Morgan fingerprint density at radius 1 is 1.29 bits per heavy atom. The van der Waals surface area contributed by atoms with Gasteiger partial charge in [-0.3, -0.25) is 4.68 Å². The maximum absolute atomic E-state index is 4.73. The van der Waals surface area contributed by atoms with Gasteiger partial charge in [0.1, 0.15) is 0 Å². The molecule has 0 aliphatic heterocycles. The fourth-order valence-electron chi connectivity index (χ4n) is 2.86. The summed E-state index contributed by atoms with van der Waals surface area (Å²) in [6, 6.07) is 9.03. The second-order valence-corrected chi connectivity index (χ2v) is 7.63. The second kappa shape index (κ2) is 7.42. The third-order valence-corrected chi connectivity index (χ3v) is 5.27. The number of aryl methyl sites for hydroxylation is 1. The largest absolute Gasteiger partial charge is 0.312 e. The number of hydrogen-bond acceptors (Lipinski definition) is 5. The topological polar surface area (TPSA) is 46.0 Å². The molecule has 0 aliphatic rings. The molecule has 0 saturated carbocycles. The normalized spacial score (nSPS) is 14.4. The fraction of sp³-hybridized carbons (Fsp3) is 0.444. The van der Waals surface area contributed by atoms with E-state index in [2.05, 4.69) is 60.7 Å². The Balaban J connectivity index is 1.60. The van der Waals surface area contributed by atoms with Crippen LogP contribution < -0.4 is 5.32 Å². The van der Waals surface area contributed by atoms with E-state index in [1.807, 2.05) is 24.0 Å². The Morgan fingerprint density at radius 2 is 2.08 bits per heavy atom. The molecule has 24 heavy (non-hydrogen) atoms. The predicted octanol–water partition coefficient (Wildman–Crippen LogP) is 2.85. The number of fused-ring (bicyclic) bond motifs is 1. The van der Waals surface area contributed by atoms with Crippen LogP contribution in [0.25, 0.3) is 10.2 Å². The summed E-state index contributed by atoms with van der Waals surface area (Å²) in [6.07, 6.45) is 4.99. The minimum absolute atomic E-state index is 0.316. The summed E-state index contributed by atoms with van der Waals surface area (Å²) in [6.45, 7) is 3.12. The highest BCUT2D eigenvalue weighted by Crippen LogP contribution is 2.23. The standard InChI is InChI=1S/C18H25N5S/c1-13(9-18-21-15-7-5-6-8-17(15)24-18)19-11-16(22(2)3)14-10-20-23(4)12-14/h5-8,10,12-13,16,19H,9,11H2,1-4H3. The van der Waals surface area contributed by atoms with Crippen LogP contribution in [0.1, 0.15) is 23.5 Å². The van der Waals surface area contributed by atoms with Crippen LogP contribution in [-0.4, -0.2) is 46.3 Å². The van der Waals surface area contributed by atoms with Gasteiger partial charge in [0.2, 0.25) is 0 Å². The summed E-state index contributed by atoms with van der Waals surface area (Å²) in [7, 11) is 6.18. The van der Waals surface area contributed by atoms with E-state index in [-0.39, 0.29) is 0 Å². The summed E-state index contributed by atoms with van der Waals surface area (Å²) < 4.78 is 3.12. The summed E-state index contributed by atoms with van der Waals surface area (Å²) >= 11 is 1.79. The zero-order valence-corrected chi connectivity index (χ0v) is 15.5. The summed E-state index contributed by atoms with van der Waals surface area (Å²) in [5, 5.41) is 9.14. The maximum Gasteiger partial charge on any atom is 0.0954 e. The average Bonchev–Trinajstić information content (AvgIpc) is 3.12. The lowest BCUT2D eigenvalue weighted by Crippen LogP contribution is -2.36. The Bertz CT molecular complexity index is 758. The Hall–Kier alpha value is -1.76. The number of hydrogen-bond donors (Lipinski definition) is 1. The third-order valence-electron chi connectivity index (χ3n) is 4.21. The third kappa shape index (κ3) is 4.01. The van der Waals surface area contributed by atoms with E-state index in [4.69, 9.17) is 4.98 Å². The number of nitrogens with zero attached hydrogens (tertiary/aromatic N) is 4. The average molecular weight is 344 g/mol. The highest BCUT2D eigenvalue weighted by atomic mass is 32.1. The molecule has 1 N–H and O–H groups in total. The highest BCUT2D eigenvalue weighted by Gasteiger charge is 2.17. The van der Waals surface area contributed by atoms with Crippen LogP contribution in [0.3, 0.4) is 0 Å². The van der Waals surface area contributed by atoms with Gasteiger partial charge in [0, 0.05) is 43.9 Å². The summed E-state index contributed by atoms with van der Waals surface area (Å²) in [5.74, 6) is 0. The SMILES string of the molecule is CC(Cc1nc2ccccc2s1)NCC(c1cnn(C)c1)N(C)C. The fourth-order valence-corrected chi connectivity index (χ4v) is 3.96. The first kappa shape index (κ1) is 17.1. The van der Waals surface area contributed by atoms with Crippen LogP contribution in [-0.2, 0) is 13.5 Å². The van der Waals surface area contributed by atoms with Crippen molar-refractivity contribution < 1.29 is 0 Å². The molecule has 2 atom stereocenters. The van der Waals surface area contributed by atoms with Gasteiger partial charge < -0.3 is 10.2 Å². The van der Waals surface area contributed by atoms with Crippen molar-refractivity contribution in [3.05, 3.63) is 47.2 Å². The first-order chi connectivity index (χ1) is 11.5. The highest BCUT2D eigenvalue weighted by molar-refractivity contribution is 7.18. The van der Waals surface area contributed by atoms with Gasteiger partial charge in [-0.1, -0.05) is 12.1 Å². The summed E-state index contributed by atoms with van der Waals surface area (Å²) in [4.78, 5) is 6.96. The molecule has 3 aromatic rings. The first-order valence-electron chi connectivity index (χ1n) is 8.25. The molecule has 1 aromatic carbocycles. The van der Waals surface area contributed by atoms with E-state index in [0.717, 1.165) is 18.5 Å². The molecular formula is C18H25N5S. The van der Waals surface area contributed by atoms with Crippen molar-refractivity contribution in [2.45, 2.75) is 25.4 Å². The molecule has 2 heterocycles. The number of aromatic nitrogens is 3. The Kier molecular flexibility index (Phi) is 5.28. The molecule has 0 radical (unpaired) electrons. The molecule has 2 unspecified atom stereocenters. The monoisotopic (exact) mass is 343 g/mol. The van der Waals surface area contributed by atoms with Gasteiger partial charge in [0.25, 0.3) is 0 Å². The van der Waals surface area contributed by atoms with Crippen molar-refractivity contribution in [3.63, 3.8) is 0 Å². The number of nitrogens with one attached hydrogen (secondary N) is 1. The molecule has 0 amide bonds. The molecule has 6 heteroatoms. The summed E-state index contributed by atoms with van der Waals surface area (Å²) in [5.41, 5.74) is 2.34. The lowest BCUT2D eigenvalue weighted by Gasteiger charge is -2.25. The van der Waals surface area contributed by atoms with Crippen LogP contribution in [0.15, 0.2) is 36.7 Å². The van der Waals surface area contributed by atoms with E-state index in [1.165, 1.54) is 15.3 Å². The zero-order valence-electron chi connectivity index (χ0n) is 14.7. The van der Waals surface area contributed by atoms with Crippen LogP contribution in [0.5, 0.6) is 0 Å². The van der Waals surface area contributed by atoms with Gasteiger partial charge in [-0.25, -0.2) is 4.98 Å². The quantitative estimate of drug-likeness (QED) is 0.716. The van der Waals surface area contributed by atoms with Gasteiger partial charge in [0.15, 0.2) is 0 Å². The number of para-hydroxylation sites is 1. The number of likely N-dealkylation sites (N-methyl/N-ethyl adjacent to an activating group) is 1. The van der Waals surface area contributed by atoms with Gasteiger partial charge in [-0.15, -0.1) is 11.3 Å². The van der Waals surface area contributed by atoms with Crippen molar-refractivity contribution in [1.82, 2.24) is 25.0 Å². The van der Waals surface area contributed by atoms with Crippen molar-refractivity contribution >= 4 is 21.6 Å². The van der Waals surface area contributed by atoms with Gasteiger partial charge in [-0.05, 0) is 33.2 Å². The number of benzene rings is 1. The van der Waals surface area contributed by atoms with Crippen LogP contribution in [0.2, 0.25) is 0 Å². The van der Waals surface area contributed by atoms with E-state index in [9.17, 15) is 0 Å². The smallest absolute Gasteiger partial charge is 0.0954 e.